The molecule has 1 amide bonds. The Kier molecular flexibility index (Phi) is 6.17. The molecule has 0 saturated carbocycles. The summed E-state index contributed by atoms with van der Waals surface area (Å²) in [7, 11) is 1.69. The second-order valence-electron chi connectivity index (χ2n) is 7.24. The van der Waals surface area contributed by atoms with E-state index in [-0.39, 0.29) is 35.4 Å². The van der Waals surface area contributed by atoms with Crippen LogP contribution in [0.25, 0.3) is 0 Å². The Morgan fingerprint density at radius 1 is 1.09 bits per heavy atom. The molecule has 2 heterocycles. The van der Waals surface area contributed by atoms with Crippen LogP contribution in [0.5, 0.6) is 5.75 Å². The fourth-order valence-electron chi connectivity index (χ4n) is 3.42. The Morgan fingerprint density at radius 2 is 1.84 bits per heavy atom. The molecule has 3 aromatic rings. The summed E-state index contributed by atoms with van der Waals surface area (Å²) < 4.78 is 32.7. The predicted octanol–water partition coefficient (Wildman–Crippen LogP) is 5.33. The van der Waals surface area contributed by atoms with Gasteiger partial charge in [-0.1, -0.05) is 49.5 Å². The van der Waals surface area contributed by atoms with Gasteiger partial charge in [0.2, 0.25) is 0 Å². The number of alkyl halides is 2. The number of pyridine rings is 1. The number of aromatic nitrogens is 1. The van der Waals surface area contributed by atoms with E-state index in [4.69, 9.17) is 16.3 Å². The van der Waals surface area contributed by atoms with E-state index in [2.05, 4.69) is 31.9 Å². The summed E-state index contributed by atoms with van der Waals surface area (Å²) in [6.45, 7) is 0.00687. The lowest BCUT2D eigenvalue weighted by atomic mass is 10.1. The van der Waals surface area contributed by atoms with E-state index in [9.17, 15) is 18.4 Å². The van der Waals surface area contributed by atoms with E-state index >= 15 is 0 Å². The highest BCUT2D eigenvalue weighted by Crippen LogP contribution is 2.50. The maximum Gasteiger partial charge on any atom is 0.273 e. The van der Waals surface area contributed by atoms with Crippen molar-refractivity contribution in [3.05, 3.63) is 92.4 Å². The smallest absolute Gasteiger partial charge is 0.273 e. The average Bonchev–Trinajstić information content (AvgIpc) is 2.92. The Labute approximate surface area is 203 Å². The Balaban J connectivity index is 1.55. The van der Waals surface area contributed by atoms with Gasteiger partial charge >= 0.3 is 0 Å². The van der Waals surface area contributed by atoms with Gasteiger partial charge in [-0.25, -0.2) is 8.78 Å². The number of anilines is 1. The van der Waals surface area contributed by atoms with Crippen molar-refractivity contribution in [2.45, 2.75) is 16.4 Å². The molecule has 2 aromatic carbocycles. The van der Waals surface area contributed by atoms with Crippen molar-refractivity contribution in [3.8, 4) is 5.75 Å². The molecule has 0 N–H and O–H groups in total. The van der Waals surface area contributed by atoms with Crippen molar-refractivity contribution in [2.24, 2.45) is 0 Å². The Hall–Kier alpha value is -2.23. The molecule has 0 unspecified atom stereocenters. The lowest BCUT2D eigenvalue weighted by Crippen LogP contribution is -2.29. The highest BCUT2D eigenvalue weighted by molar-refractivity contribution is 9.25. The van der Waals surface area contributed by atoms with E-state index in [1.807, 2.05) is 18.2 Å². The lowest BCUT2D eigenvalue weighted by Gasteiger charge is -2.14. The minimum Gasteiger partial charge on any atom is -0.487 e. The molecule has 0 saturated heterocycles. The summed E-state index contributed by atoms with van der Waals surface area (Å²) >= 11 is 13.0. The van der Waals surface area contributed by atoms with Crippen molar-refractivity contribution in [2.75, 3.05) is 11.9 Å². The van der Waals surface area contributed by atoms with Gasteiger partial charge in [0.25, 0.3) is 11.5 Å². The van der Waals surface area contributed by atoms with Crippen LogP contribution in [-0.2, 0) is 21.2 Å². The highest BCUT2D eigenvalue weighted by Gasteiger charge is 2.46. The number of ether oxygens (including phenoxy) is 1. The zero-order valence-electron chi connectivity index (χ0n) is 16.5. The SMILES string of the molecule is CN1C(=O)C(Br)(Br)c2cc(Cn3ccc(OCc4ccc(F)cc4F)c(Cl)c3=O)ccc21. The van der Waals surface area contributed by atoms with Gasteiger partial charge in [-0.15, -0.1) is 0 Å². The number of nitrogens with zero attached hydrogens (tertiary/aromatic N) is 2. The molecule has 0 fully saturated rings. The predicted molar refractivity (Wildman–Crippen MR) is 125 cm³/mol. The monoisotopic (exact) mass is 586 g/mol. The molecular formula is C22H15Br2ClF2N2O3. The molecule has 5 nitrogen and oxygen atoms in total. The summed E-state index contributed by atoms with van der Waals surface area (Å²) in [5.41, 5.74) is 1.94. The first-order chi connectivity index (χ1) is 15.1. The number of amides is 1. The molecule has 0 spiro atoms. The number of rotatable bonds is 5. The molecule has 32 heavy (non-hydrogen) atoms. The molecule has 4 rings (SSSR count). The number of hydrogen-bond acceptors (Lipinski definition) is 3. The van der Waals surface area contributed by atoms with Gasteiger partial charge in [-0.3, -0.25) is 9.59 Å². The molecular weight excluding hydrogens is 574 g/mol. The maximum atomic E-state index is 13.8. The zero-order valence-corrected chi connectivity index (χ0v) is 20.5. The number of benzene rings is 2. The fraction of sp³-hybridized carbons (Fsp3) is 0.182. The van der Waals surface area contributed by atoms with Crippen molar-refractivity contribution in [1.29, 1.82) is 0 Å². The van der Waals surface area contributed by atoms with E-state index < -0.39 is 20.4 Å². The normalized spacial score (nSPS) is 14.6. The average molecular weight is 589 g/mol. The van der Waals surface area contributed by atoms with Crippen molar-refractivity contribution < 1.29 is 18.3 Å². The number of hydrogen-bond donors (Lipinski definition) is 0. The standard InChI is InChI=1S/C22H15Br2ClF2N2O3/c1-28-17-5-2-12(8-15(17)22(23,24)21(28)31)10-29-7-6-18(19(25)20(29)30)32-11-13-3-4-14(26)9-16(13)27/h2-9H,10-11H2,1H3. The van der Waals surface area contributed by atoms with Crippen LogP contribution in [0.3, 0.4) is 0 Å². The molecule has 1 aromatic heterocycles. The number of carbonyl (C=O) groups is 1. The number of likely N-dealkylation sites (N-methyl/N-ethyl adjacent to an activating group) is 1. The van der Waals surface area contributed by atoms with Crippen molar-refractivity contribution in [1.82, 2.24) is 4.57 Å². The molecule has 0 bridgehead atoms. The maximum absolute atomic E-state index is 13.8. The summed E-state index contributed by atoms with van der Waals surface area (Å²) in [5.74, 6) is -1.49. The van der Waals surface area contributed by atoms with Crippen LogP contribution in [0.4, 0.5) is 14.5 Å². The van der Waals surface area contributed by atoms with E-state index in [1.165, 1.54) is 22.9 Å². The third kappa shape index (κ3) is 4.09. The minimum absolute atomic E-state index is 0.0951. The molecule has 0 radical (unpaired) electrons. The summed E-state index contributed by atoms with van der Waals surface area (Å²) in [5, 5.41) is -0.151. The number of carbonyl (C=O) groups excluding carboxylic acids is 1. The van der Waals surface area contributed by atoms with Crippen LogP contribution in [-0.4, -0.2) is 17.5 Å². The van der Waals surface area contributed by atoms with Crippen LogP contribution < -0.4 is 15.2 Å². The first kappa shape index (κ1) is 22.9. The van der Waals surface area contributed by atoms with Crippen LogP contribution in [0, 0.1) is 11.6 Å². The minimum atomic E-state index is -1.02. The third-order valence-corrected chi connectivity index (χ3v) is 7.04. The quantitative estimate of drug-likeness (QED) is 0.379. The summed E-state index contributed by atoms with van der Waals surface area (Å²) in [6.07, 6.45) is 1.52. The fourth-order valence-corrected chi connectivity index (χ4v) is 4.81. The van der Waals surface area contributed by atoms with Crippen LogP contribution in [0.1, 0.15) is 16.7 Å². The summed E-state index contributed by atoms with van der Waals surface area (Å²) in [4.78, 5) is 26.7. The molecule has 1 aliphatic heterocycles. The molecule has 0 aliphatic carbocycles. The Bertz CT molecular complexity index is 1300. The van der Waals surface area contributed by atoms with E-state index in [0.717, 1.165) is 28.9 Å². The van der Waals surface area contributed by atoms with Gasteiger partial charge in [0.15, 0.2) is 3.23 Å². The zero-order chi connectivity index (χ0) is 23.2. The van der Waals surface area contributed by atoms with Gasteiger partial charge in [0.1, 0.15) is 29.0 Å². The van der Waals surface area contributed by atoms with Crippen LogP contribution >= 0.6 is 43.5 Å². The molecule has 0 atom stereocenters. The van der Waals surface area contributed by atoms with Gasteiger partial charge in [0.05, 0.1) is 6.54 Å². The number of fused-ring (bicyclic) bond motifs is 1. The molecule has 10 heteroatoms. The first-order valence-electron chi connectivity index (χ1n) is 9.34. The topological polar surface area (TPSA) is 51.5 Å². The van der Waals surface area contributed by atoms with Crippen LogP contribution in [0.2, 0.25) is 5.02 Å². The largest absolute Gasteiger partial charge is 0.487 e. The highest BCUT2D eigenvalue weighted by atomic mass is 79.9. The first-order valence-corrected chi connectivity index (χ1v) is 11.3. The second kappa shape index (κ2) is 8.61. The second-order valence-corrected chi connectivity index (χ2v) is 11.1. The van der Waals surface area contributed by atoms with Crippen LogP contribution in [0.15, 0.2) is 53.5 Å². The van der Waals surface area contributed by atoms with Gasteiger partial charge in [-0.2, -0.15) is 0 Å². The third-order valence-electron chi connectivity index (χ3n) is 5.16. The lowest BCUT2D eigenvalue weighted by molar-refractivity contribution is -0.117. The molecule has 166 valence electrons. The summed E-state index contributed by atoms with van der Waals surface area (Å²) in [6, 6.07) is 10.1. The van der Waals surface area contributed by atoms with Gasteiger partial charge in [-0.05, 0) is 35.9 Å². The van der Waals surface area contributed by atoms with E-state index in [0.29, 0.717) is 0 Å². The Morgan fingerprint density at radius 3 is 2.56 bits per heavy atom. The van der Waals surface area contributed by atoms with Gasteiger partial charge in [0, 0.05) is 36.1 Å². The number of halogens is 5. The molecule has 1 aliphatic rings. The van der Waals surface area contributed by atoms with Gasteiger partial charge < -0.3 is 14.2 Å². The van der Waals surface area contributed by atoms with Crippen molar-refractivity contribution in [3.63, 3.8) is 0 Å². The van der Waals surface area contributed by atoms with Crippen molar-refractivity contribution >= 4 is 55.1 Å². The van der Waals surface area contributed by atoms with E-state index in [1.54, 1.807) is 11.9 Å².